The third-order valence-corrected chi connectivity index (χ3v) is 1.65. The first-order chi connectivity index (χ1) is 9.63. The van der Waals surface area contributed by atoms with E-state index < -0.39 is 17.9 Å². The number of rotatable bonds is 2. The maximum Gasteiger partial charge on any atom is 0.300 e. The molecule has 126 valence electrons. The molecule has 1 aliphatic heterocycles. The van der Waals surface area contributed by atoms with E-state index in [0.29, 0.717) is 0 Å². The predicted octanol–water partition coefficient (Wildman–Crippen LogP) is -0.877. The Labute approximate surface area is 124 Å². The van der Waals surface area contributed by atoms with Crippen LogP contribution in [-0.4, -0.2) is 77.4 Å². The molecule has 1 fully saturated rings. The summed E-state index contributed by atoms with van der Waals surface area (Å²) in [5, 5.41) is 25.5. The molecule has 0 amide bonds. The first-order valence-corrected chi connectivity index (χ1v) is 6.35. The Bertz CT molecular complexity index is 237. The van der Waals surface area contributed by atoms with E-state index >= 15 is 0 Å². The lowest BCUT2D eigenvalue weighted by Crippen LogP contribution is -2.45. The monoisotopic (exact) mass is 309 g/mol. The van der Waals surface area contributed by atoms with Crippen LogP contribution in [0, 0.1) is 0 Å². The lowest BCUT2D eigenvalue weighted by Gasteiger charge is -2.26. The zero-order valence-electron chi connectivity index (χ0n) is 12.8. The number of carbonyl (C=O) groups is 3. The lowest BCUT2D eigenvalue weighted by atomic mass is 10.3. The molecule has 0 atom stereocenters. The van der Waals surface area contributed by atoms with Crippen LogP contribution >= 0.6 is 0 Å². The average molecular weight is 309 g/mol. The number of hydrogen-bond acceptors (Lipinski definition) is 6. The van der Waals surface area contributed by atoms with E-state index in [4.69, 9.17) is 35.4 Å². The first kappa shape index (κ1) is 24.3. The SMILES string of the molecule is CC(=O)O.CC(=O)O.CC(=O)O.NCCN1CCNCC1. The van der Waals surface area contributed by atoms with Gasteiger partial charge in [0.2, 0.25) is 0 Å². The molecule has 21 heavy (non-hydrogen) atoms. The van der Waals surface area contributed by atoms with Crippen LogP contribution < -0.4 is 11.1 Å². The second-order valence-electron chi connectivity index (χ2n) is 3.94. The van der Waals surface area contributed by atoms with Crippen LogP contribution in [-0.2, 0) is 14.4 Å². The zero-order chi connectivity index (χ0) is 17.3. The predicted molar refractivity (Wildman–Crippen MR) is 78.3 cm³/mol. The molecule has 0 aromatic heterocycles. The fourth-order valence-corrected chi connectivity index (χ4v) is 1.12. The minimum Gasteiger partial charge on any atom is -0.481 e. The Balaban J connectivity index is -0.000000230. The van der Waals surface area contributed by atoms with Gasteiger partial charge in [-0.15, -0.1) is 0 Å². The molecule has 0 aromatic carbocycles. The highest BCUT2D eigenvalue weighted by Gasteiger charge is 2.06. The Morgan fingerprint density at radius 1 is 0.952 bits per heavy atom. The summed E-state index contributed by atoms with van der Waals surface area (Å²) in [7, 11) is 0. The Morgan fingerprint density at radius 2 is 1.24 bits per heavy atom. The van der Waals surface area contributed by atoms with Crippen molar-refractivity contribution in [3.63, 3.8) is 0 Å². The summed E-state index contributed by atoms with van der Waals surface area (Å²) in [6.45, 7) is 9.68. The second-order valence-corrected chi connectivity index (χ2v) is 3.94. The molecule has 0 unspecified atom stereocenters. The average Bonchev–Trinajstić information content (AvgIpc) is 2.28. The zero-order valence-corrected chi connectivity index (χ0v) is 12.8. The Kier molecular flexibility index (Phi) is 21.2. The molecule has 0 bridgehead atoms. The van der Waals surface area contributed by atoms with Crippen LogP contribution in [0.4, 0.5) is 0 Å². The maximum atomic E-state index is 9.00. The summed E-state index contributed by atoms with van der Waals surface area (Å²) in [5.74, 6) is -2.50. The van der Waals surface area contributed by atoms with Gasteiger partial charge in [-0.05, 0) is 0 Å². The molecule has 9 nitrogen and oxygen atoms in total. The molecule has 0 aliphatic carbocycles. The number of carboxylic acids is 3. The van der Waals surface area contributed by atoms with E-state index in [1.165, 1.54) is 0 Å². The summed E-state index contributed by atoms with van der Waals surface area (Å²) < 4.78 is 0. The van der Waals surface area contributed by atoms with Gasteiger partial charge in [0.05, 0.1) is 0 Å². The van der Waals surface area contributed by atoms with Crippen molar-refractivity contribution in [2.75, 3.05) is 39.3 Å². The van der Waals surface area contributed by atoms with Crippen LogP contribution in [0.25, 0.3) is 0 Å². The summed E-state index contributed by atoms with van der Waals surface area (Å²) in [6.07, 6.45) is 0. The number of nitrogens with one attached hydrogen (secondary N) is 1. The van der Waals surface area contributed by atoms with Crippen molar-refractivity contribution < 1.29 is 29.7 Å². The van der Waals surface area contributed by atoms with Crippen LogP contribution in [0.3, 0.4) is 0 Å². The van der Waals surface area contributed by atoms with Crippen molar-refractivity contribution >= 4 is 17.9 Å². The van der Waals surface area contributed by atoms with Gasteiger partial charge in [0.15, 0.2) is 0 Å². The second kappa shape index (κ2) is 18.3. The Morgan fingerprint density at radius 3 is 1.48 bits per heavy atom. The van der Waals surface area contributed by atoms with Crippen LogP contribution in [0.5, 0.6) is 0 Å². The van der Waals surface area contributed by atoms with Gasteiger partial charge in [-0.25, -0.2) is 0 Å². The van der Waals surface area contributed by atoms with E-state index in [1.54, 1.807) is 0 Å². The number of nitrogens with two attached hydrogens (primary N) is 1. The number of piperazine rings is 1. The van der Waals surface area contributed by atoms with Gasteiger partial charge in [0.1, 0.15) is 0 Å². The van der Waals surface area contributed by atoms with Crippen LogP contribution in [0.15, 0.2) is 0 Å². The summed E-state index contributed by atoms with van der Waals surface area (Å²) in [6, 6.07) is 0. The number of hydrogen-bond donors (Lipinski definition) is 5. The highest BCUT2D eigenvalue weighted by molar-refractivity contribution is 5.63. The lowest BCUT2D eigenvalue weighted by molar-refractivity contribution is -0.135. The number of nitrogens with zero attached hydrogens (tertiary/aromatic N) is 1. The van der Waals surface area contributed by atoms with Crippen molar-refractivity contribution in [1.82, 2.24) is 10.2 Å². The van der Waals surface area contributed by atoms with Crippen LogP contribution in [0.1, 0.15) is 20.8 Å². The standard InChI is InChI=1S/C6H15N3.3C2H4O2/c7-1-4-9-5-2-8-3-6-9;3*1-2(3)4/h8H,1-7H2;3*1H3,(H,3,4). The fraction of sp³-hybridized carbons (Fsp3) is 0.750. The molecule has 6 N–H and O–H groups in total. The van der Waals surface area contributed by atoms with Gasteiger partial charge < -0.3 is 26.4 Å². The van der Waals surface area contributed by atoms with Gasteiger partial charge in [-0.1, -0.05) is 0 Å². The molecule has 1 heterocycles. The van der Waals surface area contributed by atoms with Crippen LogP contribution in [0.2, 0.25) is 0 Å². The van der Waals surface area contributed by atoms with Gasteiger partial charge in [0, 0.05) is 60.0 Å². The topological polar surface area (TPSA) is 153 Å². The molecular formula is C12H27N3O6. The minimum atomic E-state index is -0.833. The summed E-state index contributed by atoms with van der Waals surface area (Å²) in [4.78, 5) is 29.4. The third kappa shape index (κ3) is 56.2. The molecular weight excluding hydrogens is 282 g/mol. The van der Waals surface area contributed by atoms with Crippen molar-refractivity contribution in [2.24, 2.45) is 5.73 Å². The molecule has 1 rings (SSSR count). The molecule has 0 radical (unpaired) electrons. The van der Waals surface area contributed by atoms with E-state index in [1.807, 2.05) is 0 Å². The van der Waals surface area contributed by atoms with Crippen molar-refractivity contribution in [3.8, 4) is 0 Å². The molecule has 0 saturated carbocycles. The molecule has 0 spiro atoms. The summed E-state index contributed by atoms with van der Waals surface area (Å²) >= 11 is 0. The summed E-state index contributed by atoms with van der Waals surface area (Å²) in [5.41, 5.74) is 5.40. The maximum absolute atomic E-state index is 9.00. The molecule has 9 heteroatoms. The van der Waals surface area contributed by atoms with Gasteiger partial charge in [0.25, 0.3) is 17.9 Å². The largest absolute Gasteiger partial charge is 0.481 e. The van der Waals surface area contributed by atoms with Gasteiger partial charge in [-0.3, -0.25) is 19.3 Å². The van der Waals surface area contributed by atoms with Crippen molar-refractivity contribution in [2.45, 2.75) is 20.8 Å². The van der Waals surface area contributed by atoms with Crippen molar-refractivity contribution in [1.29, 1.82) is 0 Å². The molecule has 1 aliphatic rings. The third-order valence-electron chi connectivity index (χ3n) is 1.65. The highest BCUT2D eigenvalue weighted by Crippen LogP contribution is 1.88. The molecule has 0 aromatic rings. The van der Waals surface area contributed by atoms with E-state index in [-0.39, 0.29) is 0 Å². The minimum absolute atomic E-state index is 0.792. The number of aliphatic carboxylic acids is 3. The van der Waals surface area contributed by atoms with Gasteiger partial charge in [-0.2, -0.15) is 0 Å². The Hall–Kier alpha value is -1.71. The first-order valence-electron chi connectivity index (χ1n) is 6.35. The van der Waals surface area contributed by atoms with E-state index in [0.717, 1.165) is 60.0 Å². The normalized spacial score (nSPS) is 13.1. The smallest absolute Gasteiger partial charge is 0.300 e. The molecule has 1 saturated heterocycles. The van der Waals surface area contributed by atoms with Crippen molar-refractivity contribution in [3.05, 3.63) is 0 Å². The number of carboxylic acid groups (broad SMARTS) is 3. The quantitative estimate of drug-likeness (QED) is 0.437. The van der Waals surface area contributed by atoms with E-state index in [2.05, 4.69) is 10.2 Å². The van der Waals surface area contributed by atoms with Gasteiger partial charge >= 0.3 is 0 Å². The highest BCUT2D eigenvalue weighted by atomic mass is 16.4. The van der Waals surface area contributed by atoms with E-state index in [9.17, 15) is 0 Å². The fourth-order valence-electron chi connectivity index (χ4n) is 1.12.